The number of fused-ring (bicyclic) bond motifs is 1. The Morgan fingerprint density at radius 1 is 0.980 bits per heavy atom. The van der Waals surface area contributed by atoms with E-state index in [1.165, 1.54) is 4.40 Å². The smallest absolute Gasteiger partial charge is 0.262 e. The monoisotopic (exact) mass is 700 g/mol. The van der Waals surface area contributed by atoms with Gasteiger partial charge >= 0.3 is 0 Å². The molecule has 12 heteroatoms. The number of hydrogen-bond donors (Lipinski definition) is 4. The molecular formula is C37H38Cl2N6O4. The number of benzene rings is 2. The maximum atomic E-state index is 13.3. The van der Waals surface area contributed by atoms with E-state index in [-0.39, 0.29) is 17.5 Å². The number of carbonyl (C=O) groups is 1. The lowest BCUT2D eigenvalue weighted by atomic mass is 9.97. The predicted molar refractivity (Wildman–Crippen MR) is 193 cm³/mol. The Balaban J connectivity index is 1.27. The van der Waals surface area contributed by atoms with Crippen molar-refractivity contribution < 1.29 is 14.6 Å². The molecule has 254 valence electrons. The van der Waals surface area contributed by atoms with Crippen LogP contribution < -0.4 is 26.2 Å². The van der Waals surface area contributed by atoms with Gasteiger partial charge in [-0.05, 0) is 44.0 Å². The predicted octanol–water partition coefficient (Wildman–Crippen LogP) is 5.55. The fourth-order valence-electron chi connectivity index (χ4n) is 6.11. The average Bonchev–Trinajstić information content (AvgIpc) is 3.51. The Kier molecular flexibility index (Phi) is 10.6. The molecule has 4 heterocycles. The van der Waals surface area contributed by atoms with Crippen molar-refractivity contribution in [3.63, 3.8) is 0 Å². The van der Waals surface area contributed by atoms with E-state index in [4.69, 9.17) is 37.9 Å². The van der Waals surface area contributed by atoms with Crippen molar-refractivity contribution in [3.8, 4) is 39.4 Å². The van der Waals surface area contributed by atoms with Gasteiger partial charge in [-0.3, -0.25) is 14.0 Å². The summed E-state index contributed by atoms with van der Waals surface area (Å²) in [5, 5.41) is 20.0. The van der Waals surface area contributed by atoms with E-state index in [0.717, 1.165) is 39.8 Å². The highest BCUT2D eigenvalue weighted by Crippen LogP contribution is 2.42. The summed E-state index contributed by atoms with van der Waals surface area (Å²) in [4.78, 5) is 34.3. The number of aromatic nitrogens is 3. The van der Waals surface area contributed by atoms with E-state index < -0.39 is 6.10 Å². The van der Waals surface area contributed by atoms with Crippen LogP contribution in [0.4, 0.5) is 0 Å². The number of nitrogens with one attached hydrogen (secondary N) is 3. The summed E-state index contributed by atoms with van der Waals surface area (Å²) in [6.45, 7) is 5.40. The third-order valence-electron chi connectivity index (χ3n) is 8.67. The maximum absolute atomic E-state index is 13.3. The minimum absolute atomic E-state index is 0.0926. The maximum Gasteiger partial charge on any atom is 0.262 e. The van der Waals surface area contributed by atoms with Crippen LogP contribution in [0.3, 0.4) is 0 Å². The lowest BCUT2D eigenvalue weighted by molar-refractivity contribution is -0.119. The van der Waals surface area contributed by atoms with Gasteiger partial charge in [0.25, 0.3) is 5.56 Å². The Bertz CT molecular complexity index is 2080. The van der Waals surface area contributed by atoms with Crippen LogP contribution in [-0.2, 0) is 17.9 Å². The van der Waals surface area contributed by atoms with Crippen LogP contribution in [-0.4, -0.2) is 57.7 Å². The molecule has 3 aromatic heterocycles. The van der Waals surface area contributed by atoms with E-state index in [2.05, 4.69) is 16.0 Å². The van der Waals surface area contributed by atoms with Crippen molar-refractivity contribution in [3.05, 3.63) is 104 Å². The molecule has 0 saturated carbocycles. The fraction of sp³-hybridized carbons (Fsp3) is 0.297. The van der Waals surface area contributed by atoms with Gasteiger partial charge < -0.3 is 25.8 Å². The van der Waals surface area contributed by atoms with Gasteiger partial charge in [0.2, 0.25) is 11.8 Å². The van der Waals surface area contributed by atoms with Gasteiger partial charge in [-0.15, -0.1) is 0 Å². The minimum atomic E-state index is -0.517. The van der Waals surface area contributed by atoms with E-state index >= 15 is 0 Å². The first kappa shape index (κ1) is 34.5. The molecule has 0 aliphatic carbocycles. The van der Waals surface area contributed by atoms with Crippen molar-refractivity contribution in [1.82, 2.24) is 30.3 Å². The van der Waals surface area contributed by atoms with Crippen LogP contribution in [0.1, 0.15) is 36.6 Å². The third kappa shape index (κ3) is 7.49. The highest BCUT2D eigenvalue weighted by Gasteiger charge is 2.21. The molecular weight excluding hydrogens is 663 g/mol. The molecule has 49 heavy (non-hydrogen) atoms. The number of aliphatic hydroxyl groups is 1. The zero-order chi connectivity index (χ0) is 34.7. The molecule has 0 spiro atoms. The molecule has 4 N–H and O–H groups in total. The van der Waals surface area contributed by atoms with Crippen LogP contribution in [0.2, 0.25) is 10.0 Å². The molecule has 0 radical (unpaired) electrons. The molecule has 2 atom stereocenters. The number of amides is 1. The highest BCUT2D eigenvalue weighted by molar-refractivity contribution is 6.39. The number of halogens is 2. The summed E-state index contributed by atoms with van der Waals surface area (Å²) in [5.41, 5.74) is 6.86. The molecule has 1 saturated heterocycles. The summed E-state index contributed by atoms with van der Waals surface area (Å²) in [7, 11) is 1.59. The summed E-state index contributed by atoms with van der Waals surface area (Å²) >= 11 is 14.2. The van der Waals surface area contributed by atoms with Gasteiger partial charge in [-0.2, -0.15) is 0 Å². The molecule has 1 amide bonds. The molecule has 6 rings (SSSR count). The zero-order valence-corrected chi connectivity index (χ0v) is 29.0. The number of rotatable bonds is 12. The Morgan fingerprint density at radius 2 is 1.69 bits per heavy atom. The molecule has 0 bridgehead atoms. The molecule has 1 fully saturated rings. The molecule has 1 aliphatic heterocycles. The van der Waals surface area contributed by atoms with Gasteiger partial charge in [0.15, 0.2) is 0 Å². The average molecular weight is 702 g/mol. The van der Waals surface area contributed by atoms with Gasteiger partial charge in [-0.1, -0.05) is 65.7 Å². The number of hydrogen-bond acceptors (Lipinski definition) is 8. The first-order chi connectivity index (χ1) is 23.6. The van der Waals surface area contributed by atoms with Gasteiger partial charge in [-0.25, -0.2) is 9.97 Å². The van der Waals surface area contributed by atoms with Crippen LogP contribution in [0.25, 0.3) is 39.2 Å². The van der Waals surface area contributed by atoms with E-state index in [0.29, 0.717) is 71.1 Å². The van der Waals surface area contributed by atoms with Crippen LogP contribution in [0.15, 0.2) is 71.7 Å². The topological polar surface area (TPSA) is 130 Å². The second kappa shape index (κ2) is 15.1. The molecule has 5 aromatic rings. The van der Waals surface area contributed by atoms with Crippen molar-refractivity contribution in [2.75, 3.05) is 20.2 Å². The van der Waals surface area contributed by atoms with Gasteiger partial charge in [0.1, 0.15) is 5.65 Å². The third-order valence-corrected chi connectivity index (χ3v) is 9.48. The van der Waals surface area contributed by atoms with Crippen molar-refractivity contribution in [1.29, 1.82) is 0 Å². The molecule has 1 aliphatic rings. The summed E-state index contributed by atoms with van der Waals surface area (Å²) in [6.07, 6.45) is 2.58. The lowest BCUT2D eigenvalue weighted by Crippen LogP contribution is -2.35. The minimum Gasteiger partial charge on any atom is -0.481 e. The number of nitrogens with zero attached hydrogens (tertiary/aromatic N) is 3. The van der Waals surface area contributed by atoms with Crippen molar-refractivity contribution in [2.45, 2.75) is 51.9 Å². The summed E-state index contributed by atoms with van der Waals surface area (Å²) in [6, 6.07) is 19.2. The van der Waals surface area contributed by atoms with Crippen LogP contribution in [0, 0.1) is 6.92 Å². The second-order valence-electron chi connectivity index (χ2n) is 12.2. The number of aryl methyl sites for hydroxylation is 1. The first-order valence-electron chi connectivity index (χ1n) is 16.2. The summed E-state index contributed by atoms with van der Waals surface area (Å²) < 4.78 is 7.16. The number of carbonyl (C=O) groups excluding carboxylic acids is 1. The molecule has 10 nitrogen and oxygen atoms in total. The normalized spacial score (nSPS) is 15.1. The quantitative estimate of drug-likeness (QED) is 0.133. The van der Waals surface area contributed by atoms with Gasteiger partial charge in [0.05, 0.1) is 34.5 Å². The number of ether oxygens (including phenoxy) is 1. The fourth-order valence-corrected chi connectivity index (χ4v) is 6.77. The largest absolute Gasteiger partial charge is 0.481 e. The SMILES string of the molecule is COc1nc(-c2cccc(-c3cccc(-c4ccn5c(=O)c(CNCC(C)O)c(C)nc5c4)c3Cl)c2Cl)ccc1CNC[C@@H]1CCC(=O)N1. The Hall–Kier alpha value is -4.32. The highest BCUT2D eigenvalue weighted by atomic mass is 35.5. The number of aliphatic hydroxyl groups excluding tert-OH is 1. The Labute approximate surface area is 294 Å². The van der Waals surface area contributed by atoms with E-state index in [1.54, 1.807) is 20.2 Å². The molecule has 1 unspecified atom stereocenters. The lowest BCUT2D eigenvalue weighted by Gasteiger charge is -2.16. The van der Waals surface area contributed by atoms with E-state index in [9.17, 15) is 14.7 Å². The van der Waals surface area contributed by atoms with Crippen molar-refractivity contribution in [2.24, 2.45) is 0 Å². The zero-order valence-electron chi connectivity index (χ0n) is 27.5. The standard InChI is InChI=1S/C37H38Cl2N6O4/c1-21(46)17-40-20-30-22(2)42-32-16-23(14-15-45(32)37(30)48)26-6-4-7-27(34(26)38)28-8-5-9-29(35(28)39)31-12-10-24(36(44-31)49-3)18-41-19-25-11-13-33(47)43-25/h4-10,12,14-16,21,25,40-41,46H,11,13,17-20H2,1-3H3,(H,43,47)/t21?,25-/m0/s1. The van der Waals surface area contributed by atoms with Crippen LogP contribution >= 0.6 is 23.2 Å². The van der Waals surface area contributed by atoms with Crippen LogP contribution in [0.5, 0.6) is 5.88 Å². The Morgan fingerprint density at radius 3 is 2.39 bits per heavy atom. The second-order valence-corrected chi connectivity index (χ2v) is 13.0. The summed E-state index contributed by atoms with van der Waals surface area (Å²) in [5.74, 6) is 0.583. The van der Waals surface area contributed by atoms with E-state index in [1.807, 2.05) is 67.6 Å². The number of methoxy groups -OCH3 is 1. The molecule has 2 aromatic carbocycles. The number of pyridine rings is 2. The van der Waals surface area contributed by atoms with Crippen molar-refractivity contribution >= 4 is 34.8 Å². The van der Waals surface area contributed by atoms with Gasteiger partial charge in [0, 0.05) is 78.3 Å². The first-order valence-corrected chi connectivity index (χ1v) is 16.9.